The smallest absolute Gasteiger partial charge is 0.338 e. The minimum Gasteiger partial charge on any atom is -0.478 e. The molecule has 9 heteroatoms. The Balaban J connectivity index is 2.22. The second kappa shape index (κ2) is 5.68. The monoisotopic (exact) mass is 314 g/mol. The topological polar surface area (TPSA) is 127 Å². The Labute approximate surface area is 120 Å². The molecule has 8 nitrogen and oxygen atoms in total. The number of hydrogen-bond acceptors (Lipinski definition) is 6. The summed E-state index contributed by atoms with van der Waals surface area (Å²) in [6, 6.07) is 3.77. The molecule has 114 valence electrons. The first-order valence-electron chi connectivity index (χ1n) is 6.25. The summed E-state index contributed by atoms with van der Waals surface area (Å²) < 4.78 is 22.7. The van der Waals surface area contributed by atoms with Crippen LogP contribution in [-0.4, -0.2) is 42.5 Å². The molecular weight excluding hydrogens is 300 g/mol. The van der Waals surface area contributed by atoms with Gasteiger partial charge in [-0.25, -0.2) is 13.2 Å². The molecule has 21 heavy (non-hydrogen) atoms. The van der Waals surface area contributed by atoms with E-state index in [1.165, 1.54) is 18.2 Å². The summed E-state index contributed by atoms with van der Waals surface area (Å²) >= 11 is 0. The molecule has 0 bridgehead atoms. The molecule has 1 atom stereocenters. The Morgan fingerprint density at radius 2 is 2.19 bits per heavy atom. The Kier molecular flexibility index (Phi) is 4.12. The number of para-hydroxylation sites is 1. The molecule has 0 radical (unpaired) electrons. The van der Waals surface area contributed by atoms with Gasteiger partial charge in [0.1, 0.15) is 5.69 Å². The lowest BCUT2D eigenvalue weighted by Gasteiger charge is -2.13. The number of aromatic carboxylic acids is 1. The van der Waals surface area contributed by atoms with E-state index in [1.807, 2.05) is 0 Å². The number of nitro groups is 1. The average molecular weight is 314 g/mol. The third-order valence-electron chi connectivity index (χ3n) is 3.36. The Morgan fingerprint density at radius 3 is 2.71 bits per heavy atom. The van der Waals surface area contributed by atoms with Crippen LogP contribution in [0.25, 0.3) is 0 Å². The van der Waals surface area contributed by atoms with E-state index in [-0.39, 0.29) is 40.9 Å². The third-order valence-corrected chi connectivity index (χ3v) is 5.20. The van der Waals surface area contributed by atoms with Crippen molar-refractivity contribution in [1.82, 2.24) is 0 Å². The number of sulfone groups is 1. The molecule has 2 N–H and O–H groups in total. The van der Waals surface area contributed by atoms with Crippen LogP contribution in [0, 0.1) is 16.0 Å². The molecular formula is C12H14N2O6S. The highest BCUT2D eigenvalue weighted by molar-refractivity contribution is 7.91. The molecule has 1 aliphatic heterocycles. The van der Waals surface area contributed by atoms with Crippen LogP contribution >= 0.6 is 0 Å². The van der Waals surface area contributed by atoms with Crippen molar-refractivity contribution in [2.24, 2.45) is 5.92 Å². The van der Waals surface area contributed by atoms with Crippen LogP contribution in [0.4, 0.5) is 11.4 Å². The maximum Gasteiger partial charge on any atom is 0.338 e. The van der Waals surface area contributed by atoms with E-state index >= 15 is 0 Å². The Bertz CT molecular complexity index is 653. The van der Waals surface area contributed by atoms with E-state index in [1.54, 1.807) is 0 Å². The zero-order chi connectivity index (χ0) is 15.6. The number of hydrogen-bond donors (Lipinski definition) is 2. The van der Waals surface area contributed by atoms with Crippen molar-refractivity contribution in [3.63, 3.8) is 0 Å². The van der Waals surface area contributed by atoms with Gasteiger partial charge in [-0.3, -0.25) is 10.1 Å². The molecule has 0 aliphatic carbocycles. The molecule has 1 aliphatic rings. The first-order valence-corrected chi connectivity index (χ1v) is 8.07. The summed E-state index contributed by atoms with van der Waals surface area (Å²) in [5.41, 5.74) is -0.625. The number of carboxylic acids is 1. The molecule has 0 spiro atoms. The molecule has 1 aromatic rings. The van der Waals surface area contributed by atoms with E-state index in [4.69, 9.17) is 5.11 Å². The SMILES string of the molecule is O=C(O)c1cccc([N+](=O)[O-])c1NCC1CCS(=O)(=O)C1. The van der Waals surface area contributed by atoms with Gasteiger partial charge in [0.2, 0.25) is 0 Å². The highest BCUT2D eigenvalue weighted by Crippen LogP contribution is 2.29. The summed E-state index contributed by atoms with van der Waals surface area (Å²) in [5, 5.41) is 22.8. The van der Waals surface area contributed by atoms with Crippen LogP contribution in [0.1, 0.15) is 16.8 Å². The highest BCUT2D eigenvalue weighted by Gasteiger charge is 2.29. The van der Waals surface area contributed by atoms with Crippen molar-refractivity contribution in [3.8, 4) is 0 Å². The van der Waals surface area contributed by atoms with Gasteiger partial charge in [0.25, 0.3) is 5.69 Å². The van der Waals surface area contributed by atoms with Gasteiger partial charge in [-0.2, -0.15) is 0 Å². The molecule has 0 saturated carbocycles. The molecule has 0 aromatic heterocycles. The molecule has 2 rings (SSSR count). The second-order valence-electron chi connectivity index (χ2n) is 4.91. The van der Waals surface area contributed by atoms with Gasteiger partial charge in [-0.1, -0.05) is 6.07 Å². The molecule has 1 heterocycles. The number of carboxylic acid groups (broad SMARTS) is 1. The summed E-state index contributed by atoms with van der Waals surface area (Å²) in [7, 11) is -3.04. The van der Waals surface area contributed by atoms with Crippen molar-refractivity contribution >= 4 is 27.2 Å². The normalized spacial score (nSPS) is 20.1. The van der Waals surface area contributed by atoms with Gasteiger partial charge < -0.3 is 10.4 Å². The first-order chi connectivity index (χ1) is 9.80. The number of carbonyl (C=O) groups is 1. The lowest BCUT2D eigenvalue weighted by molar-refractivity contribution is -0.384. The lowest BCUT2D eigenvalue weighted by atomic mass is 10.1. The van der Waals surface area contributed by atoms with E-state index < -0.39 is 20.7 Å². The van der Waals surface area contributed by atoms with Crippen molar-refractivity contribution in [2.75, 3.05) is 23.4 Å². The van der Waals surface area contributed by atoms with Gasteiger partial charge in [0, 0.05) is 12.6 Å². The zero-order valence-electron chi connectivity index (χ0n) is 11.0. The summed E-state index contributed by atoms with van der Waals surface area (Å²) in [6.45, 7) is 0.185. The van der Waals surface area contributed by atoms with Gasteiger partial charge in [-0.05, 0) is 18.4 Å². The number of rotatable bonds is 5. The van der Waals surface area contributed by atoms with Gasteiger partial charge in [0.15, 0.2) is 9.84 Å². The average Bonchev–Trinajstić information content (AvgIpc) is 2.75. The van der Waals surface area contributed by atoms with Crippen LogP contribution < -0.4 is 5.32 Å². The van der Waals surface area contributed by atoms with Crippen LogP contribution in [0.3, 0.4) is 0 Å². The quantitative estimate of drug-likeness (QED) is 0.616. The third kappa shape index (κ3) is 3.48. The fourth-order valence-electron chi connectivity index (χ4n) is 2.34. The van der Waals surface area contributed by atoms with Crippen LogP contribution in [-0.2, 0) is 9.84 Å². The maximum absolute atomic E-state index is 11.4. The molecule has 1 unspecified atom stereocenters. The fraction of sp³-hybridized carbons (Fsp3) is 0.417. The van der Waals surface area contributed by atoms with Gasteiger partial charge in [-0.15, -0.1) is 0 Å². The van der Waals surface area contributed by atoms with E-state index in [9.17, 15) is 23.3 Å². The fourth-order valence-corrected chi connectivity index (χ4v) is 4.20. The first kappa shape index (κ1) is 15.2. The number of benzene rings is 1. The van der Waals surface area contributed by atoms with Gasteiger partial charge >= 0.3 is 5.97 Å². The van der Waals surface area contributed by atoms with Crippen molar-refractivity contribution in [2.45, 2.75) is 6.42 Å². The number of nitrogens with zero attached hydrogens (tertiary/aromatic N) is 1. The van der Waals surface area contributed by atoms with Crippen molar-refractivity contribution in [1.29, 1.82) is 0 Å². The Morgan fingerprint density at radius 1 is 1.48 bits per heavy atom. The van der Waals surface area contributed by atoms with Crippen molar-refractivity contribution < 1.29 is 23.2 Å². The Hall–Kier alpha value is -2.16. The highest BCUT2D eigenvalue weighted by atomic mass is 32.2. The van der Waals surface area contributed by atoms with E-state index in [2.05, 4.69) is 5.32 Å². The van der Waals surface area contributed by atoms with Gasteiger partial charge in [0.05, 0.1) is 22.0 Å². The minimum atomic E-state index is -3.04. The predicted octanol–water partition coefficient (Wildman–Crippen LogP) is 1.14. The molecule has 1 fully saturated rings. The van der Waals surface area contributed by atoms with Crippen LogP contribution in [0.2, 0.25) is 0 Å². The molecule has 1 saturated heterocycles. The minimum absolute atomic E-state index is 0.0169. The van der Waals surface area contributed by atoms with Crippen LogP contribution in [0.15, 0.2) is 18.2 Å². The lowest BCUT2D eigenvalue weighted by Crippen LogP contribution is -2.18. The standard InChI is InChI=1S/C12H14N2O6S/c15-12(16)9-2-1-3-10(14(17)18)11(9)13-6-8-4-5-21(19,20)7-8/h1-3,8,13H,4-7H2,(H,15,16). The number of nitrogens with one attached hydrogen (secondary N) is 1. The zero-order valence-corrected chi connectivity index (χ0v) is 11.8. The second-order valence-corrected chi connectivity index (χ2v) is 7.14. The molecule has 1 aromatic carbocycles. The predicted molar refractivity (Wildman–Crippen MR) is 75.3 cm³/mol. The van der Waals surface area contributed by atoms with E-state index in [0.29, 0.717) is 6.42 Å². The summed E-state index contributed by atoms with van der Waals surface area (Å²) in [6.07, 6.45) is 0.471. The number of nitro benzene ring substituents is 1. The summed E-state index contributed by atoms with van der Waals surface area (Å²) in [4.78, 5) is 21.4. The number of anilines is 1. The largest absolute Gasteiger partial charge is 0.478 e. The van der Waals surface area contributed by atoms with Crippen LogP contribution in [0.5, 0.6) is 0 Å². The molecule has 0 amide bonds. The van der Waals surface area contributed by atoms with Crippen molar-refractivity contribution in [3.05, 3.63) is 33.9 Å². The maximum atomic E-state index is 11.4. The summed E-state index contributed by atoms with van der Waals surface area (Å²) in [5.74, 6) is -1.33. The van der Waals surface area contributed by atoms with E-state index in [0.717, 1.165) is 0 Å².